The Balaban J connectivity index is 1.21. The molecule has 2 saturated heterocycles. The van der Waals surface area contributed by atoms with Crippen LogP contribution in [0.25, 0.3) is 5.69 Å². The lowest BCUT2D eigenvalue weighted by molar-refractivity contribution is 0.0696. The fourth-order valence-electron chi connectivity index (χ4n) is 6.19. The van der Waals surface area contributed by atoms with Gasteiger partial charge in [-0.3, -0.25) is 9.69 Å². The number of hydrogen-bond acceptors (Lipinski definition) is 4. The summed E-state index contributed by atoms with van der Waals surface area (Å²) in [4.78, 5) is 29.4. The molecule has 2 fully saturated rings. The van der Waals surface area contributed by atoms with Crippen LogP contribution in [0.1, 0.15) is 68.6 Å². The predicted octanol–water partition coefficient (Wildman–Crippen LogP) is 5.72. The predicted molar refractivity (Wildman–Crippen MR) is 154 cm³/mol. The molecule has 0 spiro atoms. The van der Waals surface area contributed by atoms with Crippen LogP contribution in [0.2, 0.25) is 0 Å². The Labute approximate surface area is 238 Å². The van der Waals surface area contributed by atoms with E-state index >= 15 is 0 Å². The molecule has 1 amide bonds. The second-order valence-corrected chi connectivity index (χ2v) is 11.0. The molecule has 0 saturated carbocycles. The molecular weight excluding hydrogens is 519 g/mol. The number of carbonyl (C=O) groups is 2. The molecule has 0 bridgehead atoms. The van der Waals surface area contributed by atoms with Crippen LogP contribution in [-0.4, -0.2) is 62.7 Å². The van der Waals surface area contributed by atoms with Crippen LogP contribution in [0.3, 0.4) is 0 Å². The smallest absolute Gasteiger partial charge is 0.335 e. The van der Waals surface area contributed by atoms with Crippen molar-refractivity contribution in [3.05, 3.63) is 119 Å². The topological polar surface area (TPSA) is 78.7 Å². The number of rotatable bonds is 7. The first-order chi connectivity index (χ1) is 20.0. The zero-order valence-electron chi connectivity index (χ0n) is 22.8. The number of aromatic carboxylic acids is 1. The van der Waals surface area contributed by atoms with Crippen LogP contribution in [0.4, 0.5) is 4.39 Å². The van der Waals surface area contributed by atoms with Gasteiger partial charge in [0.1, 0.15) is 5.82 Å². The summed E-state index contributed by atoms with van der Waals surface area (Å²) >= 11 is 0. The van der Waals surface area contributed by atoms with E-state index in [1.807, 2.05) is 39.9 Å². The van der Waals surface area contributed by atoms with Crippen molar-refractivity contribution in [2.24, 2.45) is 0 Å². The van der Waals surface area contributed by atoms with Crippen molar-refractivity contribution in [2.45, 2.75) is 37.6 Å². The van der Waals surface area contributed by atoms with Crippen molar-refractivity contribution in [2.75, 3.05) is 26.2 Å². The average molecular weight is 553 g/mol. The summed E-state index contributed by atoms with van der Waals surface area (Å²) in [6.07, 6.45) is 4.33. The molecule has 1 N–H and O–H groups in total. The normalized spacial score (nSPS) is 18.1. The number of carbonyl (C=O) groups excluding carboxylic acids is 1. The van der Waals surface area contributed by atoms with E-state index in [4.69, 9.17) is 5.11 Å². The molecule has 7 nitrogen and oxygen atoms in total. The summed E-state index contributed by atoms with van der Waals surface area (Å²) in [6.45, 7) is 3.81. The van der Waals surface area contributed by atoms with E-state index in [-0.39, 0.29) is 23.2 Å². The SMILES string of the molecule is O=C(O)c1ccc(CN2CCC(c3c(C(=O)N4CCC(c5ccccc5)C4)cnn3-c3ccc(F)cc3)CC2)cc1. The molecule has 2 aliphatic rings. The van der Waals surface area contributed by atoms with E-state index in [0.717, 1.165) is 55.8 Å². The number of benzene rings is 3. The molecule has 4 aromatic rings. The minimum absolute atomic E-state index is 0.00717. The van der Waals surface area contributed by atoms with Gasteiger partial charge in [0.2, 0.25) is 0 Å². The summed E-state index contributed by atoms with van der Waals surface area (Å²) in [5.74, 6) is -0.784. The third kappa shape index (κ3) is 5.79. The van der Waals surface area contributed by atoms with Gasteiger partial charge in [-0.2, -0.15) is 5.10 Å². The van der Waals surface area contributed by atoms with Crippen molar-refractivity contribution >= 4 is 11.9 Å². The van der Waals surface area contributed by atoms with Gasteiger partial charge in [0, 0.05) is 31.5 Å². The lowest BCUT2D eigenvalue weighted by Gasteiger charge is -2.33. The first kappa shape index (κ1) is 26.9. The Morgan fingerprint density at radius 3 is 2.22 bits per heavy atom. The number of amides is 1. The van der Waals surface area contributed by atoms with Crippen LogP contribution in [0.5, 0.6) is 0 Å². The van der Waals surface area contributed by atoms with Crippen molar-refractivity contribution < 1.29 is 19.1 Å². The molecule has 3 aromatic carbocycles. The summed E-state index contributed by atoms with van der Waals surface area (Å²) in [7, 11) is 0. The summed E-state index contributed by atoms with van der Waals surface area (Å²) in [5.41, 5.74) is 4.88. The number of carboxylic acid groups (broad SMARTS) is 1. The Morgan fingerprint density at radius 1 is 0.854 bits per heavy atom. The van der Waals surface area contributed by atoms with Gasteiger partial charge in [-0.25, -0.2) is 13.9 Å². The minimum Gasteiger partial charge on any atom is -0.478 e. The van der Waals surface area contributed by atoms with Gasteiger partial charge in [-0.1, -0.05) is 42.5 Å². The van der Waals surface area contributed by atoms with E-state index in [1.165, 1.54) is 17.7 Å². The van der Waals surface area contributed by atoms with Crippen molar-refractivity contribution in [1.29, 1.82) is 0 Å². The number of aromatic nitrogens is 2. The molecule has 1 atom stereocenters. The lowest BCUT2D eigenvalue weighted by Crippen LogP contribution is -2.34. The van der Waals surface area contributed by atoms with Crippen LogP contribution >= 0.6 is 0 Å². The number of carboxylic acids is 1. The number of likely N-dealkylation sites (tertiary alicyclic amines) is 2. The first-order valence-corrected chi connectivity index (χ1v) is 14.2. The maximum absolute atomic E-state index is 13.9. The zero-order chi connectivity index (χ0) is 28.3. The Hall–Kier alpha value is -4.30. The molecule has 41 heavy (non-hydrogen) atoms. The van der Waals surface area contributed by atoms with E-state index in [0.29, 0.717) is 24.6 Å². The van der Waals surface area contributed by atoms with Gasteiger partial charge in [-0.05, 0) is 79.9 Å². The van der Waals surface area contributed by atoms with Crippen molar-refractivity contribution in [3.8, 4) is 5.69 Å². The number of piperidine rings is 1. The molecule has 1 unspecified atom stereocenters. The van der Waals surface area contributed by atoms with E-state index in [9.17, 15) is 14.0 Å². The highest BCUT2D eigenvalue weighted by Crippen LogP contribution is 2.35. The van der Waals surface area contributed by atoms with Gasteiger partial charge in [0.15, 0.2) is 0 Å². The van der Waals surface area contributed by atoms with Crippen LogP contribution < -0.4 is 0 Å². The highest BCUT2D eigenvalue weighted by molar-refractivity contribution is 5.95. The van der Waals surface area contributed by atoms with Gasteiger partial charge >= 0.3 is 5.97 Å². The van der Waals surface area contributed by atoms with Gasteiger partial charge in [0.05, 0.1) is 28.7 Å². The third-order valence-electron chi connectivity index (χ3n) is 8.44. The highest BCUT2D eigenvalue weighted by atomic mass is 19.1. The number of hydrogen-bond donors (Lipinski definition) is 1. The monoisotopic (exact) mass is 552 g/mol. The van der Waals surface area contributed by atoms with Crippen LogP contribution in [-0.2, 0) is 6.54 Å². The second kappa shape index (κ2) is 11.7. The van der Waals surface area contributed by atoms with Gasteiger partial charge in [0.25, 0.3) is 5.91 Å². The minimum atomic E-state index is -0.926. The first-order valence-electron chi connectivity index (χ1n) is 14.2. The Morgan fingerprint density at radius 2 is 1.54 bits per heavy atom. The standard InChI is InChI=1S/C33H33FN4O3/c34-28-10-12-29(13-11-28)38-31(25-14-17-36(18-15-25)21-23-6-8-26(9-7-23)33(40)41)30(20-35-38)32(39)37-19-16-27(22-37)24-4-2-1-3-5-24/h1-13,20,25,27H,14-19,21-22H2,(H,40,41). The van der Waals surface area contributed by atoms with Crippen molar-refractivity contribution in [3.63, 3.8) is 0 Å². The van der Waals surface area contributed by atoms with Crippen molar-refractivity contribution in [1.82, 2.24) is 19.6 Å². The molecule has 3 heterocycles. The molecule has 6 rings (SSSR count). The fourth-order valence-corrected chi connectivity index (χ4v) is 6.19. The van der Waals surface area contributed by atoms with Crippen LogP contribution in [0.15, 0.2) is 85.1 Å². The molecular formula is C33H33FN4O3. The van der Waals surface area contributed by atoms with E-state index in [2.05, 4.69) is 22.1 Å². The van der Waals surface area contributed by atoms with E-state index in [1.54, 1.807) is 30.5 Å². The molecule has 0 aliphatic carbocycles. The van der Waals surface area contributed by atoms with Crippen LogP contribution in [0, 0.1) is 5.82 Å². The summed E-state index contributed by atoms with van der Waals surface area (Å²) < 4.78 is 15.6. The van der Waals surface area contributed by atoms with Gasteiger partial charge in [-0.15, -0.1) is 0 Å². The quantitative estimate of drug-likeness (QED) is 0.317. The fraction of sp³-hybridized carbons (Fsp3) is 0.303. The maximum Gasteiger partial charge on any atom is 0.335 e. The molecule has 0 radical (unpaired) electrons. The average Bonchev–Trinajstić information content (AvgIpc) is 3.67. The summed E-state index contributed by atoms with van der Waals surface area (Å²) in [5, 5.41) is 13.8. The molecule has 8 heteroatoms. The Kier molecular flexibility index (Phi) is 7.65. The highest BCUT2D eigenvalue weighted by Gasteiger charge is 2.34. The third-order valence-corrected chi connectivity index (χ3v) is 8.44. The largest absolute Gasteiger partial charge is 0.478 e. The molecule has 1 aromatic heterocycles. The zero-order valence-corrected chi connectivity index (χ0v) is 22.8. The molecule has 2 aliphatic heterocycles. The Bertz CT molecular complexity index is 1510. The maximum atomic E-state index is 13.9. The van der Waals surface area contributed by atoms with Gasteiger partial charge < -0.3 is 10.0 Å². The number of halogens is 1. The summed E-state index contributed by atoms with van der Waals surface area (Å²) in [6, 6.07) is 23.6. The number of nitrogens with zero attached hydrogens (tertiary/aromatic N) is 4. The van der Waals surface area contributed by atoms with E-state index < -0.39 is 5.97 Å². The second-order valence-electron chi connectivity index (χ2n) is 11.0. The lowest BCUT2D eigenvalue weighted by atomic mass is 9.90. The molecule has 210 valence electrons.